The Labute approximate surface area is 150 Å². The van der Waals surface area contributed by atoms with Crippen molar-refractivity contribution in [2.24, 2.45) is 0 Å². The van der Waals surface area contributed by atoms with Gasteiger partial charge in [0.1, 0.15) is 5.75 Å². The Kier molecular flexibility index (Phi) is 4.12. The third kappa shape index (κ3) is 3.21. The molecule has 0 unspecified atom stereocenters. The molecular weight excluding hydrogens is 328 g/mol. The molecule has 4 aromatic rings. The van der Waals surface area contributed by atoms with E-state index < -0.39 is 0 Å². The summed E-state index contributed by atoms with van der Waals surface area (Å²) >= 11 is 1.76. The van der Waals surface area contributed by atoms with E-state index in [1.165, 1.54) is 16.0 Å². The van der Waals surface area contributed by atoms with Crippen LogP contribution in [-0.4, -0.2) is 12.1 Å². The topological polar surface area (TPSA) is 34.1 Å². The lowest BCUT2D eigenvalue weighted by Gasteiger charge is -2.08. The second-order valence-corrected chi connectivity index (χ2v) is 6.96. The first kappa shape index (κ1) is 15.7. The molecule has 0 saturated heterocycles. The van der Waals surface area contributed by atoms with E-state index in [1.807, 2.05) is 36.5 Å². The Bertz CT molecular complexity index is 1040. The zero-order valence-corrected chi connectivity index (χ0v) is 14.9. The first-order valence-corrected chi connectivity index (χ1v) is 8.91. The molecule has 0 fully saturated rings. The lowest BCUT2D eigenvalue weighted by atomic mass is 10.1. The van der Waals surface area contributed by atoms with Crippen LogP contribution in [0.2, 0.25) is 0 Å². The van der Waals surface area contributed by atoms with Crippen molar-refractivity contribution in [2.75, 3.05) is 12.4 Å². The minimum atomic E-state index is 0.835. The van der Waals surface area contributed by atoms with Crippen molar-refractivity contribution in [3.63, 3.8) is 0 Å². The smallest absolute Gasteiger partial charge is 0.120 e. The van der Waals surface area contributed by atoms with Crippen molar-refractivity contribution in [3.8, 4) is 16.2 Å². The lowest BCUT2D eigenvalue weighted by Crippen LogP contribution is -1.91. The first-order valence-electron chi connectivity index (χ1n) is 8.09. The number of aryl methyl sites for hydroxylation is 1. The molecule has 0 amide bonds. The number of nitrogens with one attached hydrogen (secondary N) is 1. The van der Waals surface area contributed by atoms with Gasteiger partial charge in [-0.3, -0.25) is 4.98 Å². The number of pyridine rings is 1. The summed E-state index contributed by atoms with van der Waals surface area (Å²) in [6, 6.07) is 20.7. The fraction of sp³-hybridized carbons (Fsp3) is 0.0952. The van der Waals surface area contributed by atoms with Gasteiger partial charge in [-0.2, -0.15) is 0 Å². The van der Waals surface area contributed by atoms with Crippen molar-refractivity contribution in [3.05, 3.63) is 72.4 Å². The molecule has 0 atom stereocenters. The number of fused-ring (bicyclic) bond motifs is 1. The predicted molar refractivity (Wildman–Crippen MR) is 106 cm³/mol. The van der Waals surface area contributed by atoms with Crippen LogP contribution >= 0.6 is 11.3 Å². The summed E-state index contributed by atoms with van der Waals surface area (Å²) in [5.74, 6) is 0.835. The fourth-order valence-corrected chi connectivity index (χ4v) is 3.91. The van der Waals surface area contributed by atoms with Gasteiger partial charge in [0, 0.05) is 22.8 Å². The van der Waals surface area contributed by atoms with Crippen LogP contribution in [-0.2, 0) is 0 Å². The lowest BCUT2D eigenvalue weighted by molar-refractivity contribution is 0.415. The van der Waals surface area contributed by atoms with Crippen molar-refractivity contribution in [1.82, 2.24) is 4.98 Å². The Hall–Kier alpha value is -2.85. The highest BCUT2D eigenvalue weighted by Gasteiger charge is 2.10. The largest absolute Gasteiger partial charge is 0.497 e. The molecule has 2 heterocycles. The van der Waals surface area contributed by atoms with Crippen LogP contribution in [0.4, 0.5) is 11.4 Å². The van der Waals surface area contributed by atoms with Gasteiger partial charge in [-0.25, -0.2) is 0 Å². The predicted octanol–water partition coefficient (Wildman–Crippen LogP) is 6.02. The molecule has 0 bridgehead atoms. The van der Waals surface area contributed by atoms with Crippen molar-refractivity contribution in [1.29, 1.82) is 0 Å². The number of aromatic nitrogens is 1. The zero-order valence-electron chi connectivity index (χ0n) is 14.1. The number of ether oxygens (including phenoxy) is 1. The van der Waals surface area contributed by atoms with Gasteiger partial charge in [0.2, 0.25) is 0 Å². The maximum Gasteiger partial charge on any atom is 0.120 e. The summed E-state index contributed by atoms with van der Waals surface area (Å²) in [5, 5.41) is 3.49. The fourth-order valence-electron chi connectivity index (χ4n) is 2.83. The van der Waals surface area contributed by atoms with Crippen LogP contribution in [0.1, 0.15) is 5.56 Å². The molecule has 0 aliphatic carbocycles. The van der Waals surface area contributed by atoms with E-state index in [1.54, 1.807) is 18.4 Å². The maximum absolute atomic E-state index is 5.30. The van der Waals surface area contributed by atoms with E-state index in [0.29, 0.717) is 0 Å². The van der Waals surface area contributed by atoms with Gasteiger partial charge in [0.05, 0.1) is 23.0 Å². The molecule has 0 saturated carbocycles. The maximum atomic E-state index is 5.30. The average Bonchev–Trinajstić information content (AvgIpc) is 3.07. The Morgan fingerprint density at radius 3 is 2.72 bits per heavy atom. The van der Waals surface area contributed by atoms with Crippen molar-refractivity contribution in [2.45, 2.75) is 6.92 Å². The monoisotopic (exact) mass is 346 g/mol. The number of anilines is 2. The summed E-state index contributed by atoms with van der Waals surface area (Å²) in [4.78, 5) is 5.76. The summed E-state index contributed by atoms with van der Waals surface area (Å²) in [7, 11) is 1.68. The Balaban J connectivity index is 1.75. The van der Waals surface area contributed by atoms with Gasteiger partial charge >= 0.3 is 0 Å². The summed E-state index contributed by atoms with van der Waals surface area (Å²) in [6.45, 7) is 2.12. The van der Waals surface area contributed by atoms with Crippen molar-refractivity contribution < 1.29 is 4.74 Å². The standard InChI is InChI=1S/C21H18N2OS/c1-14-5-3-6-15(11-14)20-13-19-21(25-20)18(9-10-22-19)23-16-7-4-8-17(12-16)24-2/h3-13H,1-2H3,(H,22,23). The minimum absolute atomic E-state index is 0.835. The van der Waals surface area contributed by atoms with Crippen LogP contribution < -0.4 is 10.1 Å². The van der Waals surface area contributed by atoms with Crippen LogP contribution in [0, 0.1) is 6.92 Å². The van der Waals surface area contributed by atoms with Gasteiger partial charge in [-0.15, -0.1) is 11.3 Å². The van der Waals surface area contributed by atoms with Gasteiger partial charge in [0.25, 0.3) is 0 Å². The quantitative estimate of drug-likeness (QED) is 0.490. The molecule has 0 aliphatic rings. The van der Waals surface area contributed by atoms with Gasteiger partial charge in [-0.1, -0.05) is 35.9 Å². The van der Waals surface area contributed by atoms with E-state index in [0.717, 1.165) is 27.3 Å². The number of nitrogens with zero attached hydrogens (tertiary/aromatic N) is 1. The SMILES string of the molecule is COc1cccc(Nc2ccnc3cc(-c4cccc(C)c4)sc23)c1. The number of benzene rings is 2. The highest BCUT2D eigenvalue weighted by atomic mass is 32.1. The molecule has 4 rings (SSSR count). The average molecular weight is 346 g/mol. The van der Waals surface area contributed by atoms with E-state index in [2.05, 4.69) is 47.6 Å². The second kappa shape index (κ2) is 6.57. The Morgan fingerprint density at radius 1 is 1.00 bits per heavy atom. The molecule has 1 N–H and O–H groups in total. The molecule has 124 valence electrons. The molecule has 0 aliphatic heterocycles. The molecule has 2 aromatic carbocycles. The second-order valence-electron chi connectivity index (χ2n) is 5.91. The normalized spacial score (nSPS) is 10.8. The number of hydrogen-bond donors (Lipinski definition) is 1. The highest BCUT2D eigenvalue weighted by Crippen LogP contribution is 2.37. The number of methoxy groups -OCH3 is 1. The van der Waals surface area contributed by atoms with E-state index in [4.69, 9.17) is 4.74 Å². The number of thiophene rings is 1. The molecule has 0 spiro atoms. The summed E-state index contributed by atoms with van der Waals surface area (Å²) < 4.78 is 6.46. The minimum Gasteiger partial charge on any atom is -0.497 e. The zero-order chi connectivity index (χ0) is 17.2. The number of rotatable bonds is 4. The van der Waals surface area contributed by atoms with E-state index in [-0.39, 0.29) is 0 Å². The van der Waals surface area contributed by atoms with Crippen LogP contribution in [0.15, 0.2) is 66.9 Å². The Morgan fingerprint density at radius 2 is 1.88 bits per heavy atom. The van der Waals surface area contributed by atoms with Gasteiger partial charge < -0.3 is 10.1 Å². The highest BCUT2D eigenvalue weighted by molar-refractivity contribution is 7.22. The molecule has 25 heavy (non-hydrogen) atoms. The molecule has 0 radical (unpaired) electrons. The molecule has 3 nitrogen and oxygen atoms in total. The van der Waals surface area contributed by atoms with Gasteiger partial charge in [0.15, 0.2) is 0 Å². The van der Waals surface area contributed by atoms with Crippen LogP contribution in [0.3, 0.4) is 0 Å². The van der Waals surface area contributed by atoms with E-state index >= 15 is 0 Å². The van der Waals surface area contributed by atoms with Crippen LogP contribution in [0.5, 0.6) is 5.75 Å². The molecule has 2 aromatic heterocycles. The van der Waals surface area contributed by atoms with Crippen LogP contribution in [0.25, 0.3) is 20.7 Å². The summed E-state index contributed by atoms with van der Waals surface area (Å²) in [6.07, 6.45) is 1.84. The third-order valence-corrected chi connectivity index (χ3v) is 5.27. The molecule has 4 heteroatoms. The number of hydrogen-bond acceptors (Lipinski definition) is 4. The van der Waals surface area contributed by atoms with E-state index in [9.17, 15) is 0 Å². The van der Waals surface area contributed by atoms with Gasteiger partial charge in [-0.05, 0) is 36.8 Å². The summed E-state index contributed by atoms with van der Waals surface area (Å²) in [5.41, 5.74) is 5.56. The van der Waals surface area contributed by atoms with Crippen molar-refractivity contribution >= 4 is 32.9 Å². The molecular formula is C21H18N2OS. The third-order valence-electron chi connectivity index (χ3n) is 4.06. The first-order chi connectivity index (χ1) is 12.2.